The van der Waals surface area contributed by atoms with Gasteiger partial charge in [-0.15, -0.1) is 0 Å². The predicted molar refractivity (Wildman–Crippen MR) is 88.0 cm³/mol. The Morgan fingerprint density at radius 3 is 2.83 bits per heavy atom. The molecule has 24 heavy (non-hydrogen) atoms. The second kappa shape index (κ2) is 5.67. The molecule has 3 heterocycles. The van der Waals surface area contributed by atoms with Crippen molar-refractivity contribution < 1.29 is 9.59 Å². The van der Waals surface area contributed by atoms with Gasteiger partial charge in [0.05, 0.1) is 24.0 Å². The van der Waals surface area contributed by atoms with Crippen LogP contribution in [0.15, 0.2) is 42.6 Å². The molecule has 2 atom stereocenters. The number of hydrogen-bond acceptors (Lipinski definition) is 3. The Balaban J connectivity index is 1.56. The Morgan fingerprint density at radius 2 is 2.04 bits per heavy atom. The van der Waals surface area contributed by atoms with E-state index in [0.717, 1.165) is 12.1 Å². The van der Waals surface area contributed by atoms with E-state index in [0.29, 0.717) is 18.8 Å². The minimum absolute atomic E-state index is 0.00621. The summed E-state index contributed by atoms with van der Waals surface area (Å²) in [4.78, 5) is 28.3. The number of carbonyl (C=O) groups excluding carboxylic acids is 2. The fraction of sp³-hybridized carbons (Fsp3) is 0.353. The summed E-state index contributed by atoms with van der Waals surface area (Å²) in [7, 11) is 1.81. The second-order valence-electron chi connectivity index (χ2n) is 6.24. The maximum atomic E-state index is 12.9. The molecule has 0 radical (unpaired) electrons. The van der Waals surface area contributed by atoms with Gasteiger partial charge in [-0.3, -0.25) is 4.79 Å². The third-order valence-corrected chi connectivity index (χ3v) is 4.85. The maximum absolute atomic E-state index is 12.9. The molecule has 1 aromatic carbocycles. The van der Waals surface area contributed by atoms with Gasteiger partial charge >= 0.3 is 6.03 Å². The normalized spacial score (nSPS) is 23.1. The highest BCUT2D eigenvalue weighted by Crippen LogP contribution is 2.23. The van der Waals surface area contributed by atoms with Crippen molar-refractivity contribution in [2.45, 2.75) is 18.5 Å². The van der Waals surface area contributed by atoms with Crippen LogP contribution in [0.5, 0.6) is 0 Å². The van der Waals surface area contributed by atoms with Crippen LogP contribution >= 0.6 is 0 Å². The third-order valence-electron chi connectivity index (χ3n) is 4.85. The lowest BCUT2D eigenvalue weighted by Gasteiger charge is -2.35. The molecule has 0 aliphatic carbocycles. The highest BCUT2D eigenvalue weighted by molar-refractivity contribution is 5.93. The quantitative estimate of drug-likeness (QED) is 0.899. The van der Waals surface area contributed by atoms with E-state index in [-0.39, 0.29) is 24.0 Å². The average Bonchev–Trinajstić information content (AvgIpc) is 3.20. The summed E-state index contributed by atoms with van der Waals surface area (Å²) in [6.45, 7) is 1.17. The number of amides is 3. The lowest BCUT2D eigenvalue weighted by atomic mass is 10.00. The molecule has 3 amide bonds. The van der Waals surface area contributed by atoms with Crippen LogP contribution in [0.1, 0.15) is 16.9 Å². The standard InChI is InChI=1S/C17H19N5O2/c1-20-14-8-10-21(11-13(14)19-17(20)24)16(23)15-7-9-18-22(15)12-5-3-2-4-6-12/h2-7,9,13-14H,8,10-11H2,1H3,(H,19,24)/t13-,14+/m1/s1. The highest BCUT2D eigenvalue weighted by atomic mass is 16.2. The summed E-state index contributed by atoms with van der Waals surface area (Å²) < 4.78 is 1.66. The first kappa shape index (κ1) is 14.7. The minimum atomic E-state index is -0.0615. The van der Waals surface area contributed by atoms with Crippen molar-refractivity contribution in [3.05, 3.63) is 48.3 Å². The molecule has 0 spiro atoms. The molecule has 2 aliphatic heterocycles. The molecule has 2 fully saturated rings. The van der Waals surface area contributed by atoms with Crippen molar-refractivity contribution in [1.29, 1.82) is 0 Å². The van der Waals surface area contributed by atoms with E-state index in [1.54, 1.807) is 26.7 Å². The van der Waals surface area contributed by atoms with Crippen molar-refractivity contribution >= 4 is 11.9 Å². The SMILES string of the molecule is CN1C(=O)N[C@@H]2CN(C(=O)c3ccnn3-c3ccccc3)CC[C@@H]21. The molecule has 0 saturated carbocycles. The van der Waals surface area contributed by atoms with Gasteiger partial charge in [-0.1, -0.05) is 18.2 Å². The summed E-state index contributed by atoms with van der Waals surface area (Å²) in [5.74, 6) is -0.0568. The molecule has 2 aromatic rings. The molecule has 4 rings (SSSR count). The molecule has 2 aliphatic rings. The molecular weight excluding hydrogens is 306 g/mol. The monoisotopic (exact) mass is 325 g/mol. The Labute approximate surface area is 139 Å². The van der Waals surface area contributed by atoms with Crippen molar-refractivity contribution in [2.75, 3.05) is 20.1 Å². The van der Waals surface area contributed by atoms with Crippen LogP contribution in [0, 0.1) is 0 Å². The van der Waals surface area contributed by atoms with Crippen molar-refractivity contribution in [3.63, 3.8) is 0 Å². The molecule has 1 N–H and O–H groups in total. The number of nitrogens with one attached hydrogen (secondary N) is 1. The molecule has 2 saturated heterocycles. The Hall–Kier alpha value is -2.83. The average molecular weight is 325 g/mol. The second-order valence-corrected chi connectivity index (χ2v) is 6.24. The molecule has 7 nitrogen and oxygen atoms in total. The Kier molecular flexibility index (Phi) is 3.48. The zero-order chi connectivity index (χ0) is 16.7. The summed E-state index contributed by atoms with van der Waals surface area (Å²) >= 11 is 0. The fourth-order valence-corrected chi connectivity index (χ4v) is 3.54. The topological polar surface area (TPSA) is 70.5 Å². The number of fused-ring (bicyclic) bond motifs is 1. The van der Waals surface area contributed by atoms with E-state index in [2.05, 4.69) is 10.4 Å². The van der Waals surface area contributed by atoms with Crippen LogP contribution in [0.25, 0.3) is 5.69 Å². The molecular formula is C17H19N5O2. The predicted octanol–water partition coefficient (Wildman–Crippen LogP) is 1.11. The number of carbonyl (C=O) groups is 2. The Bertz CT molecular complexity index is 772. The molecule has 7 heteroatoms. The number of nitrogens with zero attached hydrogens (tertiary/aromatic N) is 4. The number of likely N-dealkylation sites (tertiary alicyclic amines) is 1. The van der Waals surface area contributed by atoms with Crippen LogP contribution in [0.3, 0.4) is 0 Å². The van der Waals surface area contributed by atoms with E-state index >= 15 is 0 Å². The van der Waals surface area contributed by atoms with Gasteiger partial charge in [0.1, 0.15) is 5.69 Å². The van der Waals surface area contributed by atoms with E-state index in [4.69, 9.17) is 0 Å². The van der Waals surface area contributed by atoms with Gasteiger partial charge in [0.25, 0.3) is 5.91 Å². The number of para-hydroxylation sites is 1. The smallest absolute Gasteiger partial charge is 0.317 e. The molecule has 0 bridgehead atoms. The number of benzene rings is 1. The van der Waals surface area contributed by atoms with Crippen LogP contribution < -0.4 is 5.32 Å². The van der Waals surface area contributed by atoms with Gasteiger partial charge in [0, 0.05) is 20.1 Å². The summed E-state index contributed by atoms with van der Waals surface area (Å²) in [6.07, 6.45) is 2.42. The summed E-state index contributed by atoms with van der Waals surface area (Å²) in [5.41, 5.74) is 1.40. The number of urea groups is 1. The minimum Gasteiger partial charge on any atom is -0.335 e. The van der Waals surface area contributed by atoms with Gasteiger partial charge in [0.15, 0.2) is 0 Å². The number of rotatable bonds is 2. The highest BCUT2D eigenvalue weighted by Gasteiger charge is 2.42. The van der Waals surface area contributed by atoms with Crippen LogP contribution in [-0.2, 0) is 0 Å². The maximum Gasteiger partial charge on any atom is 0.317 e. The largest absolute Gasteiger partial charge is 0.335 e. The zero-order valence-corrected chi connectivity index (χ0v) is 13.4. The third kappa shape index (κ3) is 2.33. The van der Waals surface area contributed by atoms with Crippen molar-refractivity contribution in [1.82, 2.24) is 24.9 Å². The lowest BCUT2D eigenvalue weighted by Crippen LogP contribution is -2.52. The molecule has 0 unspecified atom stereocenters. The van der Waals surface area contributed by atoms with Crippen molar-refractivity contribution in [3.8, 4) is 5.69 Å². The molecule has 124 valence electrons. The fourth-order valence-electron chi connectivity index (χ4n) is 3.54. The number of piperidine rings is 1. The number of aromatic nitrogens is 2. The van der Waals surface area contributed by atoms with Crippen LogP contribution in [0.4, 0.5) is 4.79 Å². The lowest BCUT2D eigenvalue weighted by molar-refractivity contribution is 0.0657. The Morgan fingerprint density at radius 1 is 1.25 bits per heavy atom. The van der Waals surface area contributed by atoms with Crippen LogP contribution in [-0.4, -0.2) is 63.7 Å². The van der Waals surface area contributed by atoms with Gasteiger partial charge in [-0.2, -0.15) is 5.10 Å². The van der Waals surface area contributed by atoms with E-state index in [9.17, 15) is 9.59 Å². The summed E-state index contributed by atoms with van der Waals surface area (Å²) in [6, 6.07) is 11.4. The zero-order valence-electron chi connectivity index (χ0n) is 13.4. The van der Waals surface area contributed by atoms with Crippen molar-refractivity contribution in [2.24, 2.45) is 0 Å². The number of likely N-dealkylation sites (N-methyl/N-ethyl adjacent to an activating group) is 1. The van der Waals surface area contributed by atoms with Gasteiger partial charge in [-0.25, -0.2) is 9.48 Å². The van der Waals surface area contributed by atoms with Gasteiger partial charge < -0.3 is 15.1 Å². The first-order valence-corrected chi connectivity index (χ1v) is 8.07. The van der Waals surface area contributed by atoms with E-state index < -0.39 is 0 Å². The first-order valence-electron chi connectivity index (χ1n) is 8.07. The van der Waals surface area contributed by atoms with Gasteiger partial charge in [0.2, 0.25) is 0 Å². The molecule has 1 aromatic heterocycles. The van der Waals surface area contributed by atoms with E-state index in [1.807, 2.05) is 37.4 Å². The first-order chi connectivity index (χ1) is 11.6. The van der Waals surface area contributed by atoms with Gasteiger partial charge in [-0.05, 0) is 24.6 Å². The number of hydrogen-bond donors (Lipinski definition) is 1. The summed E-state index contributed by atoms with van der Waals surface area (Å²) in [5, 5.41) is 7.24. The van der Waals surface area contributed by atoms with E-state index in [1.165, 1.54) is 0 Å². The van der Waals surface area contributed by atoms with Crippen LogP contribution in [0.2, 0.25) is 0 Å².